The topological polar surface area (TPSA) is 64.6 Å². The summed E-state index contributed by atoms with van der Waals surface area (Å²) in [5.41, 5.74) is 2.31. The zero-order valence-electron chi connectivity index (χ0n) is 16.1. The van der Waals surface area contributed by atoms with Gasteiger partial charge in [-0.3, -0.25) is 5.32 Å². The number of nitrogens with one attached hydrogen (secondary N) is 1. The van der Waals surface area contributed by atoms with Crippen LogP contribution in [-0.4, -0.2) is 19.2 Å². The van der Waals surface area contributed by atoms with E-state index in [0.29, 0.717) is 5.92 Å². The third-order valence-electron chi connectivity index (χ3n) is 5.00. The predicted molar refractivity (Wildman–Crippen MR) is 100 cm³/mol. The predicted octanol–water partition coefficient (Wildman–Crippen LogP) is 4.58. The van der Waals surface area contributed by atoms with E-state index in [2.05, 4.69) is 26.1 Å². The highest BCUT2D eigenvalue weighted by atomic mass is 16.6. The molecule has 1 aliphatic rings. The fourth-order valence-electron chi connectivity index (χ4n) is 3.33. The molecule has 0 spiro atoms. The van der Waals surface area contributed by atoms with Crippen molar-refractivity contribution in [1.29, 1.82) is 0 Å². The molecule has 1 fully saturated rings. The fourth-order valence-corrected chi connectivity index (χ4v) is 3.33. The van der Waals surface area contributed by atoms with Crippen molar-refractivity contribution in [2.75, 3.05) is 7.11 Å². The Morgan fingerprint density at radius 2 is 1.73 bits per heavy atom. The third-order valence-corrected chi connectivity index (χ3v) is 5.00. The van der Waals surface area contributed by atoms with E-state index in [-0.39, 0.29) is 17.7 Å². The lowest BCUT2D eigenvalue weighted by Crippen LogP contribution is -2.32. The van der Waals surface area contributed by atoms with Crippen LogP contribution in [0.2, 0.25) is 0 Å². The first-order chi connectivity index (χ1) is 12.3. The quantitative estimate of drug-likeness (QED) is 0.631. The molecule has 1 aliphatic carbocycles. The van der Waals surface area contributed by atoms with Gasteiger partial charge in [-0.05, 0) is 48.2 Å². The van der Waals surface area contributed by atoms with Crippen molar-refractivity contribution in [2.45, 2.75) is 53.1 Å². The van der Waals surface area contributed by atoms with Crippen molar-refractivity contribution in [1.82, 2.24) is 5.32 Å². The Morgan fingerprint density at radius 3 is 2.27 bits per heavy atom. The van der Waals surface area contributed by atoms with E-state index in [9.17, 15) is 9.59 Å². The molecule has 0 radical (unpaired) electrons. The van der Waals surface area contributed by atoms with E-state index in [0.717, 1.165) is 36.8 Å². The van der Waals surface area contributed by atoms with Crippen LogP contribution in [0.25, 0.3) is 0 Å². The second-order valence-corrected chi connectivity index (χ2v) is 7.80. The van der Waals surface area contributed by atoms with E-state index >= 15 is 0 Å². The van der Waals surface area contributed by atoms with Crippen LogP contribution < -0.4 is 5.32 Å². The number of alkyl carbamates (subject to hydrolysis) is 1. The third kappa shape index (κ3) is 5.61. The summed E-state index contributed by atoms with van der Waals surface area (Å²) in [6.07, 6.45) is 2.93. The molecule has 1 N–H and O–H groups in total. The Morgan fingerprint density at radius 1 is 1.12 bits per heavy atom. The monoisotopic (exact) mass is 359 g/mol. The summed E-state index contributed by atoms with van der Waals surface area (Å²) in [6, 6.07) is 9.41. The molecule has 142 valence electrons. The van der Waals surface area contributed by atoms with Gasteiger partial charge < -0.3 is 9.47 Å². The zero-order valence-corrected chi connectivity index (χ0v) is 16.1. The van der Waals surface area contributed by atoms with Crippen molar-refractivity contribution in [3.05, 3.63) is 47.2 Å². The second-order valence-electron chi connectivity index (χ2n) is 7.80. The maximum atomic E-state index is 12.1. The van der Waals surface area contributed by atoms with E-state index in [1.807, 2.05) is 30.3 Å². The Hall–Kier alpha value is -2.30. The summed E-state index contributed by atoms with van der Waals surface area (Å²) < 4.78 is 10.1. The lowest BCUT2D eigenvalue weighted by Gasteiger charge is -2.35. The van der Waals surface area contributed by atoms with Crippen molar-refractivity contribution in [2.24, 2.45) is 11.3 Å². The molecule has 1 aromatic carbocycles. The van der Waals surface area contributed by atoms with E-state index < -0.39 is 12.1 Å². The first-order valence-corrected chi connectivity index (χ1v) is 9.09. The van der Waals surface area contributed by atoms with Crippen LogP contribution in [0.15, 0.2) is 41.6 Å². The van der Waals surface area contributed by atoms with Gasteiger partial charge >= 0.3 is 12.1 Å². The Labute approximate surface area is 155 Å². The summed E-state index contributed by atoms with van der Waals surface area (Å²) in [7, 11) is 1.32. The van der Waals surface area contributed by atoms with Crippen LogP contribution in [0.3, 0.4) is 0 Å². The average Bonchev–Trinajstić information content (AvgIpc) is 2.64. The molecule has 0 aromatic heterocycles. The number of methoxy groups -OCH3 is 1. The molecule has 1 aromatic rings. The standard InChI is InChI=1S/C21H29NO4/c1-21(2,3)17-12-10-16(11-13-17)18(19(23)25-4)22-20(24)26-14-15-8-6-5-7-9-15/h5-9,17H,10-14H2,1-4H3,(H,22,24). The van der Waals surface area contributed by atoms with Gasteiger partial charge in [0.25, 0.3) is 0 Å². The Bertz CT molecular complexity index is 648. The van der Waals surface area contributed by atoms with Crippen molar-refractivity contribution in [3.8, 4) is 0 Å². The van der Waals surface area contributed by atoms with Gasteiger partial charge in [-0.1, -0.05) is 51.1 Å². The largest absolute Gasteiger partial charge is 0.464 e. The number of hydrogen-bond acceptors (Lipinski definition) is 4. The molecule has 5 heteroatoms. The molecular formula is C21H29NO4. The molecule has 0 heterocycles. The Balaban J connectivity index is 2.01. The number of carbonyl (C=O) groups is 2. The maximum Gasteiger partial charge on any atom is 0.412 e. The first kappa shape index (κ1) is 20.0. The lowest BCUT2D eigenvalue weighted by atomic mass is 9.71. The lowest BCUT2D eigenvalue weighted by molar-refractivity contribution is -0.136. The summed E-state index contributed by atoms with van der Waals surface area (Å²) >= 11 is 0. The number of hydrogen-bond donors (Lipinski definition) is 1. The van der Waals surface area contributed by atoms with Crippen LogP contribution in [-0.2, 0) is 20.9 Å². The van der Waals surface area contributed by atoms with Gasteiger partial charge in [-0.25, -0.2) is 9.59 Å². The minimum Gasteiger partial charge on any atom is -0.464 e. The van der Waals surface area contributed by atoms with Gasteiger partial charge in [0.05, 0.1) is 7.11 Å². The van der Waals surface area contributed by atoms with Crippen molar-refractivity contribution < 1.29 is 19.1 Å². The van der Waals surface area contributed by atoms with Gasteiger partial charge in [-0.2, -0.15) is 0 Å². The summed E-state index contributed by atoms with van der Waals surface area (Å²) in [6.45, 7) is 6.88. The minimum atomic E-state index is -0.639. The van der Waals surface area contributed by atoms with Crippen LogP contribution in [0.4, 0.5) is 4.79 Å². The normalized spacial score (nSPS) is 17.4. The second kappa shape index (κ2) is 8.88. The highest BCUT2D eigenvalue weighted by molar-refractivity contribution is 5.93. The van der Waals surface area contributed by atoms with Crippen LogP contribution in [0.1, 0.15) is 52.0 Å². The van der Waals surface area contributed by atoms with Crippen LogP contribution in [0.5, 0.6) is 0 Å². The molecule has 5 nitrogen and oxygen atoms in total. The fraction of sp³-hybridized carbons (Fsp3) is 0.524. The Kier molecular flexibility index (Phi) is 6.83. The van der Waals surface area contributed by atoms with Crippen LogP contribution in [0, 0.1) is 11.3 Å². The van der Waals surface area contributed by atoms with Crippen LogP contribution >= 0.6 is 0 Å². The number of benzene rings is 1. The number of carbonyl (C=O) groups excluding carboxylic acids is 2. The van der Waals surface area contributed by atoms with Gasteiger partial charge in [0.2, 0.25) is 0 Å². The number of ether oxygens (including phenoxy) is 2. The van der Waals surface area contributed by atoms with Gasteiger partial charge in [0.15, 0.2) is 0 Å². The maximum absolute atomic E-state index is 12.1. The summed E-state index contributed by atoms with van der Waals surface area (Å²) in [5.74, 6) is 0.0843. The number of allylic oxidation sites excluding steroid dienone is 1. The molecule has 0 aliphatic heterocycles. The average molecular weight is 359 g/mol. The van der Waals surface area contributed by atoms with Gasteiger partial charge in [0, 0.05) is 0 Å². The first-order valence-electron chi connectivity index (χ1n) is 9.09. The molecule has 26 heavy (non-hydrogen) atoms. The number of esters is 1. The molecule has 0 unspecified atom stereocenters. The van der Waals surface area contributed by atoms with Gasteiger partial charge in [-0.15, -0.1) is 0 Å². The highest BCUT2D eigenvalue weighted by Gasteiger charge is 2.30. The molecule has 1 saturated carbocycles. The van der Waals surface area contributed by atoms with Gasteiger partial charge in [0.1, 0.15) is 12.3 Å². The van der Waals surface area contributed by atoms with E-state index in [4.69, 9.17) is 9.47 Å². The molecule has 1 amide bonds. The minimum absolute atomic E-state index is 0.155. The smallest absolute Gasteiger partial charge is 0.412 e. The number of rotatable bonds is 4. The van der Waals surface area contributed by atoms with E-state index in [1.165, 1.54) is 7.11 Å². The molecule has 2 rings (SSSR count). The summed E-state index contributed by atoms with van der Waals surface area (Å²) in [4.78, 5) is 24.3. The van der Waals surface area contributed by atoms with Crippen molar-refractivity contribution in [3.63, 3.8) is 0 Å². The highest BCUT2D eigenvalue weighted by Crippen LogP contribution is 2.40. The molecule has 0 atom stereocenters. The zero-order chi connectivity index (χ0) is 19.2. The SMILES string of the molecule is COC(=O)C(NC(=O)OCc1ccccc1)=C1CCC(C(C)(C)C)CC1. The molecular weight excluding hydrogens is 330 g/mol. The summed E-state index contributed by atoms with van der Waals surface area (Å²) in [5, 5.41) is 2.61. The van der Waals surface area contributed by atoms with E-state index in [1.54, 1.807) is 0 Å². The number of amides is 1. The molecule has 0 saturated heterocycles. The van der Waals surface area contributed by atoms with Crippen molar-refractivity contribution >= 4 is 12.1 Å². The molecule has 0 bridgehead atoms.